The van der Waals surface area contributed by atoms with E-state index < -0.39 is 53.7 Å². The summed E-state index contributed by atoms with van der Waals surface area (Å²) < 4.78 is 27.2. The highest BCUT2D eigenvalue weighted by Crippen LogP contribution is 2.37. The zero-order valence-corrected chi connectivity index (χ0v) is 17.9. The summed E-state index contributed by atoms with van der Waals surface area (Å²) in [6, 6.07) is 9.16. The summed E-state index contributed by atoms with van der Waals surface area (Å²) in [5, 5.41) is 0. The third-order valence-electron chi connectivity index (χ3n) is 3.94. The molecule has 0 spiro atoms. The normalized spacial score (nSPS) is 25.7. The van der Waals surface area contributed by atoms with Crippen molar-refractivity contribution >= 4 is 35.6 Å². The van der Waals surface area contributed by atoms with Gasteiger partial charge in [-0.05, 0) is 12.1 Å². The molecule has 1 aliphatic heterocycles. The Hall–Kier alpha value is -2.59. The SMILES string of the molecule is CC(=O)OC[C@H]1OC(Sc2ccccc2)[C@@H](OC(C)=O)[C@@H](OC(C)=O)[C@@H]1OC(C)=O. The lowest BCUT2D eigenvalue weighted by Gasteiger charge is -2.44. The minimum Gasteiger partial charge on any atom is -0.463 e. The zero-order chi connectivity index (χ0) is 22.3. The first kappa shape index (κ1) is 23.7. The van der Waals surface area contributed by atoms with Crippen LogP contribution < -0.4 is 0 Å². The van der Waals surface area contributed by atoms with Gasteiger partial charge in [0.1, 0.15) is 18.1 Å². The van der Waals surface area contributed by atoms with Gasteiger partial charge in [-0.2, -0.15) is 0 Å². The fraction of sp³-hybridized carbons (Fsp3) is 0.500. The second-order valence-corrected chi connectivity index (χ2v) is 7.67. The number of esters is 4. The van der Waals surface area contributed by atoms with Gasteiger partial charge in [0.15, 0.2) is 18.3 Å². The third kappa shape index (κ3) is 7.03. The standard InChI is InChI=1S/C20H24O9S/c1-11(21)25-10-16-17(26-12(2)22)18(27-13(3)23)19(28-14(4)24)20(29-16)30-15-8-6-5-7-9-15/h5-9,16-20H,10H2,1-4H3/t16-,17-,18+,19+,20?/m1/s1. The fourth-order valence-corrected chi connectivity index (χ4v) is 4.04. The van der Waals surface area contributed by atoms with E-state index in [1.165, 1.54) is 39.5 Å². The van der Waals surface area contributed by atoms with Crippen molar-refractivity contribution in [3.05, 3.63) is 30.3 Å². The number of carbonyl (C=O) groups excluding carboxylic acids is 4. The smallest absolute Gasteiger partial charge is 0.303 e. The second-order valence-electron chi connectivity index (χ2n) is 6.50. The molecule has 1 saturated heterocycles. The van der Waals surface area contributed by atoms with Crippen molar-refractivity contribution in [1.29, 1.82) is 0 Å². The number of carbonyl (C=O) groups is 4. The molecule has 0 amide bonds. The number of thioether (sulfide) groups is 1. The van der Waals surface area contributed by atoms with E-state index in [2.05, 4.69) is 0 Å². The summed E-state index contributed by atoms with van der Waals surface area (Å²) in [5.41, 5.74) is -0.826. The maximum atomic E-state index is 11.8. The highest BCUT2D eigenvalue weighted by atomic mass is 32.2. The predicted molar refractivity (Wildman–Crippen MR) is 104 cm³/mol. The van der Waals surface area contributed by atoms with Gasteiger partial charge in [-0.3, -0.25) is 19.2 Å². The van der Waals surface area contributed by atoms with Gasteiger partial charge in [-0.25, -0.2) is 0 Å². The lowest BCUT2D eigenvalue weighted by Crippen LogP contribution is -2.61. The lowest BCUT2D eigenvalue weighted by molar-refractivity contribution is -0.237. The molecule has 0 aliphatic carbocycles. The third-order valence-corrected chi connectivity index (χ3v) is 5.10. The maximum absolute atomic E-state index is 11.8. The average Bonchev–Trinajstić information content (AvgIpc) is 2.64. The van der Waals surface area contributed by atoms with E-state index in [-0.39, 0.29) is 6.61 Å². The molecule has 5 atom stereocenters. The van der Waals surface area contributed by atoms with Crippen LogP contribution in [0.25, 0.3) is 0 Å². The highest BCUT2D eigenvalue weighted by molar-refractivity contribution is 7.99. The number of rotatable bonds is 7. The Labute approximate surface area is 178 Å². The van der Waals surface area contributed by atoms with Crippen LogP contribution in [-0.2, 0) is 42.9 Å². The number of hydrogen-bond donors (Lipinski definition) is 0. The van der Waals surface area contributed by atoms with Crippen molar-refractivity contribution in [3.63, 3.8) is 0 Å². The van der Waals surface area contributed by atoms with Gasteiger partial charge in [-0.1, -0.05) is 30.0 Å². The van der Waals surface area contributed by atoms with Crippen LogP contribution in [0.1, 0.15) is 27.7 Å². The summed E-state index contributed by atoms with van der Waals surface area (Å²) in [6.07, 6.45) is -4.33. The van der Waals surface area contributed by atoms with Crippen LogP contribution in [0.2, 0.25) is 0 Å². The molecule has 1 fully saturated rings. The van der Waals surface area contributed by atoms with E-state index in [1.807, 2.05) is 30.3 Å². The van der Waals surface area contributed by atoms with Crippen LogP contribution >= 0.6 is 11.8 Å². The number of ether oxygens (including phenoxy) is 5. The van der Waals surface area contributed by atoms with E-state index >= 15 is 0 Å². The monoisotopic (exact) mass is 440 g/mol. The van der Waals surface area contributed by atoms with Crippen molar-refractivity contribution in [3.8, 4) is 0 Å². The molecule has 1 aromatic rings. The van der Waals surface area contributed by atoms with Gasteiger partial charge in [0.05, 0.1) is 0 Å². The number of benzene rings is 1. The van der Waals surface area contributed by atoms with Crippen LogP contribution in [-0.4, -0.2) is 60.3 Å². The molecule has 0 N–H and O–H groups in total. The molecule has 30 heavy (non-hydrogen) atoms. The summed E-state index contributed by atoms with van der Waals surface area (Å²) in [5.74, 6) is -2.51. The van der Waals surface area contributed by atoms with E-state index in [0.717, 1.165) is 4.90 Å². The molecule has 1 aromatic carbocycles. The highest BCUT2D eigenvalue weighted by Gasteiger charge is 2.52. The van der Waals surface area contributed by atoms with Crippen LogP contribution in [0, 0.1) is 0 Å². The van der Waals surface area contributed by atoms with Crippen molar-refractivity contribution in [2.45, 2.75) is 62.4 Å². The molecule has 0 radical (unpaired) electrons. The first-order valence-corrected chi connectivity index (χ1v) is 10.1. The predicted octanol–water partition coefficient (Wildman–Crippen LogP) is 1.86. The van der Waals surface area contributed by atoms with Crippen LogP contribution in [0.3, 0.4) is 0 Å². The van der Waals surface area contributed by atoms with Crippen LogP contribution in [0.5, 0.6) is 0 Å². The van der Waals surface area contributed by atoms with Gasteiger partial charge in [0.25, 0.3) is 0 Å². The van der Waals surface area contributed by atoms with Gasteiger partial charge in [0, 0.05) is 32.6 Å². The lowest BCUT2D eigenvalue weighted by atomic mass is 9.99. The second kappa shape index (κ2) is 11.0. The van der Waals surface area contributed by atoms with Gasteiger partial charge >= 0.3 is 23.9 Å². The quantitative estimate of drug-likeness (QED) is 0.460. The molecule has 10 heteroatoms. The summed E-state index contributed by atoms with van der Waals surface area (Å²) in [4.78, 5) is 47.3. The molecule has 2 rings (SSSR count). The molecular weight excluding hydrogens is 416 g/mol. The molecule has 1 heterocycles. The van der Waals surface area contributed by atoms with Gasteiger partial charge in [-0.15, -0.1) is 0 Å². The van der Waals surface area contributed by atoms with Crippen molar-refractivity contribution in [2.24, 2.45) is 0 Å². The minimum atomic E-state index is -1.16. The molecule has 0 saturated carbocycles. The molecule has 1 unspecified atom stereocenters. The van der Waals surface area contributed by atoms with Crippen molar-refractivity contribution in [1.82, 2.24) is 0 Å². The zero-order valence-electron chi connectivity index (χ0n) is 17.1. The Morgan fingerprint density at radius 3 is 1.87 bits per heavy atom. The molecule has 164 valence electrons. The van der Waals surface area contributed by atoms with Gasteiger partial charge < -0.3 is 23.7 Å². The Morgan fingerprint density at radius 1 is 0.800 bits per heavy atom. The first-order valence-electron chi connectivity index (χ1n) is 9.19. The van der Waals surface area contributed by atoms with E-state index in [9.17, 15) is 19.2 Å². The largest absolute Gasteiger partial charge is 0.463 e. The van der Waals surface area contributed by atoms with E-state index in [1.54, 1.807) is 0 Å². The van der Waals surface area contributed by atoms with Gasteiger partial charge in [0.2, 0.25) is 0 Å². The van der Waals surface area contributed by atoms with Crippen molar-refractivity contribution in [2.75, 3.05) is 6.61 Å². The molecule has 0 aromatic heterocycles. The number of hydrogen-bond acceptors (Lipinski definition) is 10. The molecular formula is C20H24O9S. The topological polar surface area (TPSA) is 114 Å². The van der Waals surface area contributed by atoms with Crippen LogP contribution in [0.15, 0.2) is 35.2 Å². The maximum Gasteiger partial charge on any atom is 0.303 e. The van der Waals surface area contributed by atoms with E-state index in [4.69, 9.17) is 23.7 Å². The Kier molecular flexibility index (Phi) is 8.67. The summed E-state index contributed by atoms with van der Waals surface area (Å²) in [7, 11) is 0. The molecule has 0 bridgehead atoms. The van der Waals surface area contributed by atoms with Crippen molar-refractivity contribution < 1.29 is 42.9 Å². The molecule has 9 nitrogen and oxygen atoms in total. The fourth-order valence-electron chi connectivity index (χ4n) is 2.92. The summed E-state index contributed by atoms with van der Waals surface area (Å²) in [6.45, 7) is 4.56. The summed E-state index contributed by atoms with van der Waals surface area (Å²) >= 11 is 1.23. The Morgan fingerprint density at radius 2 is 1.33 bits per heavy atom. The molecule has 1 aliphatic rings. The Bertz CT molecular complexity index is 767. The van der Waals surface area contributed by atoms with Crippen LogP contribution in [0.4, 0.5) is 0 Å². The first-order chi connectivity index (χ1) is 14.2. The Balaban J connectivity index is 2.42. The average molecular weight is 440 g/mol. The van der Waals surface area contributed by atoms with E-state index in [0.29, 0.717) is 0 Å². The minimum absolute atomic E-state index is 0.246.